The molecule has 1 fully saturated rings. The molecule has 0 aromatic carbocycles. The van der Waals surface area contributed by atoms with Crippen molar-refractivity contribution < 1.29 is 0 Å². The van der Waals surface area contributed by atoms with Crippen LogP contribution in [0.25, 0.3) is 0 Å². The molecule has 0 spiro atoms. The van der Waals surface area contributed by atoms with E-state index in [4.69, 9.17) is 5.73 Å². The molecule has 0 aromatic rings. The summed E-state index contributed by atoms with van der Waals surface area (Å²) < 4.78 is 0. The smallest absolute Gasteiger partial charge is 0.00193 e. The highest BCUT2D eigenvalue weighted by Crippen LogP contribution is 2.22. The molecule has 0 amide bonds. The van der Waals surface area contributed by atoms with Crippen LogP contribution >= 0.6 is 0 Å². The van der Waals surface area contributed by atoms with Crippen LogP contribution in [0.2, 0.25) is 0 Å². The van der Waals surface area contributed by atoms with Gasteiger partial charge in [-0.2, -0.15) is 0 Å². The summed E-state index contributed by atoms with van der Waals surface area (Å²) in [5.74, 6) is 2.40. The second kappa shape index (κ2) is 4.24. The monoisotopic (exact) mass is 170 g/mol. The Hall–Kier alpha value is -0.0800. The van der Waals surface area contributed by atoms with Crippen molar-refractivity contribution in [1.29, 1.82) is 0 Å². The van der Waals surface area contributed by atoms with Gasteiger partial charge in [-0.3, -0.25) is 0 Å². The lowest BCUT2D eigenvalue weighted by molar-refractivity contribution is 0.280. The maximum atomic E-state index is 5.59. The highest BCUT2D eigenvalue weighted by atomic mass is 15.2. The van der Waals surface area contributed by atoms with Gasteiger partial charge in [0, 0.05) is 19.6 Å². The molecule has 0 aromatic heterocycles. The third-order valence-corrected chi connectivity index (χ3v) is 3.04. The number of rotatable bonds is 3. The summed E-state index contributed by atoms with van der Waals surface area (Å²) in [6, 6.07) is 0. The first-order valence-electron chi connectivity index (χ1n) is 5.06. The lowest BCUT2D eigenvalue weighted by atomic mass is 10.0. The molecule has 0 radical (unpaired) electrons. The van der Waals surface area contributed by atoms with Gasteiger partial charge in [-0.1, -0.05) is 20.8 Å². The molecule has 0 bridgehead atoms. The number of hydrogen-bond donors (Lipinski definition) is 1. The molecule has 3 unspecified atom stereocenters. The molecule has 1 heterocycles. The van der Waals surface area contributed by atoms with E-state index in [1.54, 1.807) is 0 Å². The van der Waals surface area contributed by atoms with E-state index in [2.05, 4.69) is 25.7 Å². The minimum atomic E-state index is 0.655. The first-order chi connectivity index (χ1) is 5.63. The number of hydrogen-bond acceptors (Lipinski definition) is 2. The summed E-state index contributed by atoms with van der Waals surface area (Å²) in [4.78, 5) is 2.55. The molecule has 0 aliphatic carbocycles. The summed E-state index contributed by atoms with van der Waals surface area (Å²) in [6.07, 6.45) is 0. The van der Waals surface area contributed by atoms with E-state index >= 15 is 0 Å². The normalized spacial score (nSPS) is 34.0. The fraction of sp³-hybridized carbons (Fsp3) is 1.00. The van der Waals surface area contributed by atoms with Gasteiger partial charge in [0.15, 0.2) is 0 Å². The molecular formula is C10H22N2. The third kappa shape index (κ3) is 2.46. The van der Waals surface area contributed by atoms with E-state index in [0.29, 0.717) is 5.92 Å². The minimum Gasteiger partial charge on any atom is -0.330 e. The van der Waals surface area contributed by atoms with Crippen molar-refractivity contribution in [2.24, 2.45) is 23.5 Å². The van der Waals surface area contributed by atoms with E-state index in [1.807, 2.05) is 0 Å². The van der Waals surface area contributed by atoms with Gasteiger partial charge in [-0.15, -0.1) is 0 Å². The second-order valence-corrected chi connectivity index (χ2v) is 4.51. The van der Waals surface area contributed by atoms with E-state index in [9.17, 15) is 0 Å². The maximum absolute atomic E-state index is 5.59. The van der Waals surface area contributed by atoms with Crippen LogP contribution in [0.3, 0.4) is 0 Å². The molecule has 2 nitrogen and oxygen atoms in total. The van der Waals surface area contributed by atoms with Gasteiger partial charge in [-0.25, -0.2) is 0 Å². The molecule has 3 atom stereocenters. The Labute approximate surface area is 76.1 Å². The molecule has 1 aliphatic heterocycles. The van der Waals surface area contributed by atoms with E-state index in [1.165, 1.54) is 19.6 Å². The van der Waals surface area contributed by atoms with Crippen LogP contribution in [0.15, 0.2) is 0 Å². The van der Waals surface area contributed by atoms with Gasteiger partial charge in [0.05, 0.1) is 0 Å². The van der Waals surface area contributed by atoms with Crippen LogP contribution in [0.5, 0.6) is 0 Å². The summed E-state index contributed by atoms with van der Waals surface area (Å²) in [6.45, 7) is 11.5. The number of nitrogens with zero attached hydrogens (tertiary/aromatic N) is 1. The Bertz CT molecular complexity index is 126. The lowest BCUT2D eigenvalue weighted by Gasteiger charge is -2.19. The van der Waals surface area contributed by atoms with Gasteiger partial charge in [-0.05, 0) is 24.3 Å². The van der Waals surface area contributed by atoms with Gasteiger partial charge >= 0.3 is 0 Å². The predicted octanol–water partition coefficient (Wildman–Crippen LogP) is 1.17. The van der Waals surface area contributed by atoms with E-state index in [-0.39, 0.29) is 0 Å². The molecular weight excluding hydrogens is 148 g/mol. The molecule has 72 valence electrons. The highest BCUT2D eigenvalue weighted by molar-refractivity contribution is 4.79. The molecule has 1 aliphatic rings. The minimum absolute atomic E-state index is 0.655. The van der Waals surface area contributed by atoms with Gasteiger partial charge in [0.2, 0.25) is 0 Å². The third-order valence-electron chi connectivity index (χ3n) is 3.04. The van der Waals surface area contributed by atoms with Crippen LogP contribution < -0.4 is 5.73 Å². The Morgan fingerprint density at radius 3 is 2.25 bits per heavy atom. The van der Waals surface area contributed by atoms with Gasteiger partial charge < -0.3 is 10.6 Å². The Morgan fingerprint density at radius 2 is 1.83 bits per heavy atom. The van der Waals surface area contributed by atoms with Crippen molar-refractivity contribution in [3.63, 3.8) is 0 Å². The number of nitrogens with two attached hydrogens (primary N) is 1. The van der Waals surface area contributed by atoms with Crippen LogP contribution in [0, 0.1) is 17.8 Å². The zero-order valence-corrected chi connectivity index (χ0v) is 8.59. The number of likely N-dealkylation sites (tertiary alicyclic amines) is 1. The first kappa shape index (κ1) is 10.0. The standard InChI is InChI=1S/C10H22N2/c1-8(4-11)5-12-6-9(2)10(3)7-12/h8-10H,4-7,11H2,1-3H3. The summed E-state index contributed by atoms with van der Waals surface area (Å²) in [5, 5.41) is 0. The largest absolute Gasteiger partial charge is 0.330 e. The molecule has 1 rings (SSSR count). The van der Waals surface area contributed by atoms with Crippen molar-refractivity contribution in [3.8, 4) is 0 Å². The summed E-state index contributed by atoms with van der Waals surface area (Å²) in [5.41, 5.74) is 5.59. The lowest BCUT2D eigenvalue weighted by Crippen LogP contribution is -2.29. The average Bonchev–Trinajstić information content (AvgIpc) is 2.31. The van der Waals surface area contributed by atoms with Gasteiger partial charge in [0.1, 0.15) is 0 Å². The van der Waals surface area contributed by atoms with Crippen molar-refractivity contribution in [2.45, 2.75) is 20.8 Å². The SMILES string of the molecule is CC(CN)CN1CC(C)C(C)C1. The summed E-state index contributed by atoms with van der Waals surface area (Å²) >= 11 is 0. The van der Waals surface area contributed by atoms with E-state index in [0.717, 1.165) is 18.4 Å². The van der Waals surface area contributed by atoms with Crippen LogP contribution in [0.1, 0.15) is 20.8 Å². The Balaban J connectivity index is 2.27. The van der Waals surface area contributed by atoms with Crippen LogP contribution in [-0.4, -0.2) is 31.1 Å². The van der Waals surface area contributed by atoms with Crippen LogP contribution in [0.4, 0.5) is 0 Å². The summed E-state index contributed by atoms with van der Waals surface area (Å²) in [7, 11) is 0. The fourth-order valence-corrected chi connectivity index (χ4v) is 1.91. The van der Waals surface area contributed by atoms with Crippen molar-refractivity contribution in [1.82, 2.24) is 4.90 Å². The predicted molar refractivity (Wildman–Crippen MR) is 53.0 cm³/mol. The molecule has 12 heavy (non-hydrogen) atoms. The topological polar surface area (TPSA) is 29.3 Å². The maximum Gasteiger partial charge on any atom is 0.00193 e. The molecule has 2 N–H and O–H groups in total. The van der Waals surface area contributed by atoms with Gasteiger partial charge in [0.25, 0.3) is 0 Å². The molecule has 1 saturated heterocycles. The fourth-order valence-electron chi connectivity index (χ4n) is 1.91. The zero-order valence-electron chi connectivity index (χ0n) is 8.59. The Kier molecular flexibility index (Phi) is 3.53. The zero-order chi connectivity index (χ0) is 9.14. The van der Waals surface area contributed by atoms with Crippen molar-refractivity contribution >= 4 is 0 Å². The van der Waals surface area contributed by atoms with Crippen molar-refractivity contribution in [3.05, 3.63) is 0 Å². The van der Waals surface area contributed by atoms with Crippen molar-refractivity contribution in [2.75, 3.05) is 26.2 Å². The Morgan fingerprint density at radius 1 is 1.33 bits per heavy atom. The van der Waals surface area contributed by atoms with E-state index < -0.39 is 0 Å². The second-order valence-electron chi connectivity index (χ2n) is 4.51. The highest BCUT2D eigenvalue weighted by Gasteiger charge is 2.26. The average molecular weight is 170 g/mol. The quantitative estimate of drug-likeness (QED) is 0.689. The molecule has 0 saturated carbocycles. The molecule has 2 heteroatoms. The first-order valence-corrected chi connectivity index (χ1v) is 5.06. The van der Waals surface area contributed by atoms with Crippen LogP contribution in [-0.2, 0) is 0 Å².